The summed E-state index contributed by atoms with van der Waals surface area (Å²) < 4.78 is 29.7. The van der Waals surface area contributed by atoms with Crippen molar-refractivity contribution in [3.63, 3.8) is 0 Å². The molecule has 1 amide bonds. The fourth-order valence-electron chi connectivity index (χ4n) is 4.61. The third-order valence-corrected chi connectivity index (χ3v) is 7.97. The number of pyridine rings is 3. The first-order valence-corrected chi connectivity index (χ1v) is 14.7. The molecular formula is C28H28ClN5O4S. The number of nitrogens with zero attached hydrogens (tertiary/aromatic N) is 4. The van der Waals surface area contributed by atoms with Crippen LogP contribution in [0.15, 0.2) is 65.7 Å². The van der Waals surface area contributed by atoms with E-state index in [0.29, 0.717) is 5.69 Å². The molecule has 9 nitrogen and oxygen atoms in total. The van der Waals surface area contributed by atoms with Gasteiger partial charge in [-0.1, -0.05) is 17.7 Å². The number of morpholine rings is 1. The average molecular weight is 566 g/mol. The number of carbonyl (C=O) groups is 1. The predicted molar refractivity (Wildman–Crippen MR) is 151 cm³/mol. The number of anilines is 1. The summed E-state index contributed by atoms with van der Waals surface area (Å²) in [7, 11) is -3.57. The number of hydrogen-bond acceptors (Lipinski definition) is 8. The number of benzene rings is 1. The molecule has 4 aromatic rings. The normalized spacial score (nSPS) is 17.8. The molecule has 202 valence electrons. The van der Waals surface area contributed by atoms with Crippen LogP contribution in [0.1, 0.15) is 29.9 Å². The van der Waals surface area contributed by atoms with Crippen molar-refractivity contribution < 1.29 is 17.9 Å². The Morgan fingerprint density at radius 2 is 1.79 bits per heavy atom. The van der Waals surface area contributed by atoms with Gasteiger partial charge in [0.1, 0.15) is 5.82 Å². The van der Waals surface area contributed by atoms with Gasteiger partial charge in [-0.05, 0) is 62.4 Å². The molecule has 0 radical (unpaired) electrons. The zero-order valence-corrected chi connectivity index (χ0v) is 23.3. The van der Waals surface area contributed by atoms with Crippen LogP contribution in [0.5, 0.6) is 0 Å². The van der Waals surface area contributed by atoms with Crippen molar-refractivity contribution >= 4 is 44.1 Å². The number of rotatable bonds is 6. The van der Waals surface area contributed by atoms with E-state index in [-0.39, 0.29) is 34.2 Å². The Labute approximate surface area is 232 Å². The number of fused-ring (bicyclic) bond motifs is 1. The van der Waals surface area contributed by atoms with E-state index in [1.54, 1.807) is 6.20 Å². The molecular weight excluding hydrogens is 538 g/mol. The Morgan fingerprint density at radius 3 is 2.54 bits per heavy atom. The largest absolute Gasteiger partial charge is 0.372 e. The second kappa shape index (κ2) is 10.9. The van der Waals surface area contributed by atoms with Crippen LogP contribution < -0.4 is 10.2 Å². The van der Waals surface area contributed by atoms with Crippen LogP contribution in [0.4, 0.5) is 5.82 Å². The third-order valence-electron chi connectivity index (χ3n) is 6.39. The summed E-state index contributed by atoms with van der Waals surface area (Å²) in [5.41, 5.74) is 3.01. The van der Waals surface area contributed by atoms with Crippen molar-refractivity contribution in [2.24, 2.45) is 0 Å². The summed E-state index contributed by atoms with van der Waals surface area (Å²) in [6.07, 6.45) is 3.01. The summed E-state index contributed by atoms with van der Waals surface area (Å²) >= 11 is 5.99. The van der Waals surface area contributed by atoms with Crippen LogP contribution >= 0.6 is 11.6 Å². The standard InChI is InChI=1S/C28H28ClN5O4S/c1-17-15-34(16-18(2)38-17)27-6-4-5-23(33-27)24-10-8-20-13-30-21(12-25(20)32-24)14-31-28(35)19-7-9-22(29)26(11-19)39(3,36)37/h4-13,17-18H,14-16H2,1-3H3,(H,31,35)/t17-,18+. The SMILES string of the molecule is C[C@@H]1CN(c2cccc(-c3ccc4cnc(CNC(=O)c5ccc(Cl)c(S(C)(=O)=O)c5)cc4n3)n2)C[C@H](C)O1. The fourth-order valence-corrected chi connectivity index (χ4v) is 5.91. The number of sulfone groups is 1. The molecule has 0 unspecified atom stereocenters. The van der Waals surface area contributed by atoms with Gasteiger partial charge in [0, 0.05) is 36.5 Å². The van der Waals surface area contributed by atoms with Gasteiger partial charge in [-0.2, -0.15) is 0 Å². The number of carbonyl (C=O) groups excluding carboxylic acids is 1. The van der Waals surface area contributed by atoms with E-state index in [2.05, 4.69) is 29.0 Å². The Morgan fingerprint density at radius 1 is 1.05 bits per heavy atom. The van der Waals surface area contributed by atoms with Gasteiger partial charge in [0.05, 0.1) is 51.3 Å². The van der Waals surface area contributed by atoms with E-state index in [4.69, 9.17) is 26.3 Å². The predicted octanol–water partition coefficient (Wildman–Crippen LogP) is 4.29. The lowest BCUT2D eigenvalue weighted by Crippen LogP contribution is -2.45. The van der Waals surface area contributed by atoms with Gasteiger partial charge in [0.25, 0.3) is 5.91 Å². The second-order valence-corrected chi connectivity index (χ2v) is 12.1. The molecule has 11 heteroatoms. The number of aromatic nitrogens is 3. The van der Waals surface area contributed by atoms with Crippen LogP contribution in [0, 0.1) is 0 Å². The molecule has 1 N–H and O–H groups in total. The Hall–Kier alpha value is -3.60. The highest BCUT2D eigenvalue weighted by atomic mass is 35.5. The number of nitrogens with one attached hydrogen (secondary N) is 1. The first kappa shape index (κ1) is 27.0. The molecule has 4 heterocycles. The van der Waals surface area contributed by atoms with Gasteiger partial charge in [-0.25, -0.2) is 18.4 Å². The van der Waals surface area contributed by atoms with Crippen LogP contribution in [-0.4, -0.2) is 60.8 Å². The first-order valence-electron chi connectivity index (χ1n) is 12.5. The van der Waals surface area contributed by atoms with E-state index in [9.17, 15) is 13.2 Å². The van der Waals surface area contributed by atoms with E-state index in [1.165, 1.54) is 18.2 Å². The lowest BCUT2D eigenvalue weighted by molar-refractivity contribution is -0.00545. The lowest BCUT2D eigenvalue weighted by atomic mass is 10.1. The van der Waals surface area contributed by atoms with Gasteiger partial charge in [0.2, 0.25) is 0 Å². The number of amides is 1. The van der Waals surface area contributed by atoms with Crippen molar-refractivity contribution in [3.05, 3.63) is 77.1 Å². The molecule has 39 heavy (non-hydrogen) atoms. The monoisotopic (exact) mass is 565 g/mol. The molecule has 0 spiro atoms. The van der Waals surface area contributed by atoms with Crippen molar-refractivity contribution in [2.45, 2.75) is 37.5 Å². The quantitative estimate of drug-likeness (QED) is 0.368. The minimum Gasteiger partial charge on any atom is -0.372 e. The maximum Gasteiger partial charge on any atom is 0.251 e. The van der Waals surface area contributed by atoms with Gasteiger partial charge >= 0.3 is 0 Å². The number of ether oxygens (including phenoxy) is 1. The van der Waals surface area contributed by atoms with E-state index in [1.807, 2.05) is 36.4 Å². The Balaban J connectivity index is 1.34. The van der Waals surface area contributed by atoms with Crippen molar-refractivity contribution in [1.82, 2.24) is 20.3 Å². The Bertz CT molecular complexity index is 1650. The van der Waals surface area contributed by atoms with Crippen molar-refractivity contribution in [2.75, 3.05) is 24.2 Å². The molecule has 0 aliphatic carbocycles. The molecule has 1 aliphatic rings. The molecule has 0 saturated carbocycles. The molecule has 3 aromatic heterocycles. The summed E-state index contributed by atoms with van der Waals surface area (Å²) in [5.74, 6) is 0.448. The second-order valence-electron chi connectivity index (χ2n) is 9.71. The molecule has 1 saturated heterocycles. The number of hydrogen-bond donors (Lipinski definition) is 1. The lowest BCUT2D eigenvalue weighted by Gasteiger charge is -2.36. The summed E-state index contributed by atoms with van der Waals surface area (Å²) in [6, 6.07) is 15.7. The van der Waals surface area contributed by atoms with Crippen molar-refractivity contribution in [1.29, 1.82) is 0 Å². The van der Waals surface area contributed by atoms with Crippen LogP contribution in [0.2, 0.25) is 5.02 Å². The molecule has 1 fully saturated rings. The fraction of sp³-hybridized carbons (Fsp3) is 0.286. The zero-order valence-electron chi connectivity index (χ0n) is 21.8. The summed E-state index contributed by atoms with van der Waals surface area (Å²) in [5, 5.41) is 3.71. The first-order chi connectivity index (χ1) is 18.6. The van der Waals surface area contributed by atoms with E-state index < -0.39 is 15.7 Å². The summed E-state index contributed by atoms with van der Waals surface area (Å²) in [6.45, 7) is 5.82. The summed E-state index contributed by atoms with van der Waals surface area (Å²) in [4.78, 5) is 29.0. The Kier molecular flexibility index (Phi) is 7.53. The minimum atomic E-state index is -3.57. The van der Waals surface area contributed by atoms with Crippen LogP contribution in [0.25, 0.3) is 22.3 Å². The zero-order chi connectivity index (χ0) is 27.7. The third kappa shape index (κ3) is 6.19. The van der Waals surface area contributed by atoms with Gasteiger partial charge in [0.15, 0.2) is 9.84 Å². The molecule has 1 aromatic carbocycles. The van der Waals surface area contributed by atoms with Gasteiger partial charge < -0.3 is 15.0 Å². The van der Waals surface area contributed by atoms with Gasteiger partial charge in [-0.15, -0.1) is 0 Å². The molecule has 5 rings (SSSR count). The van der Waals surface area contributed by atoms with Gasteiger partial charge in [-0.3, -0.25) is 9.78 Å². The smallest absolute Gasteiger partial charge is 0.251 e. The maximum absolute atomic E-state index is 12.7. The molecule has 0 bridgehead atoms. The topological polar surface area (TPSA) is 114 Å². The molecule has 2 atom stereocenters. The maximum atomic E-state index is 12.7. The highest BCUT2D eigenvalue weighted by Gasteiger charge is 2.23. The van der Waals surface area contributed by atoms with Crippen LogP contribution in [-0.2, 0) is 21.1 Å². The average Bonchev–Trinajstić information content (AvgIpc) is 2.90. The minimum absolute atomic E-state index is 0.0706. The van der Waals surface area contributed by atoms with Crippen molar-refractivity contribution in [3.8, 4) is 11.4 Å². The van der Waals surface area contributed by atoms with E-state index >= 15 is 0 Å². The van der Waals surface area contributed by atoms with E-state index in [0.717, 1.165) is 47.5 Å². The highest BCUT2D eigenvalue weighted by Crippen LogP contribution is 2.25. The van der Waals surface area contributed by atoms with Crippen LogP contribution in [0.3, 0.4) is 0 Å². The molecule has 1 aliphatic heterocycles. The number of halogens is 1. The highest BCUT2D eigenvalue weighted by molar-refractivity contribution is 7.90.